The van der Waals surface area contributed by atoms with Gasteiger partial charge in [0.05, 0.1) is 29.0 Å². The molecule has 1 aromatic carbocycles. The van der Waals surface area contributed by atoms with Crippen LogP contribution in [0.25, 0.3) is 0 Å². The zero-order valence-electron chi connectivity index (χ0n) is 11.9. The number of nitrogen functional groups attached to an aromatic ring is 1. The average Bonchev–Trinajstić information content (AvgIpc) is 2.94. The van der Waals surface area contributed by atoms with E-state index in [-0.39, 0.29) is 4.90 Å². The molecular formula is C13H18N4O3S. The number of sulfonamides is 1. The average molecular weight is 310 g/mol. The lowest BCUT2D eigenvalue weighted by atomic mass is 10.2. The van der Waals surface area contributed by atoms with Gasteiger partial charge in [-0.1, -0.05) is 6.92 Å². The van der Waals surface area contributed by atoms with Crippen LogP contribution in [0.2, 0.25) is 0 Å². The summed E-state index contributed by atoms with van der Waals surface area (Å²) < 4.78 is 31.0. The number of benzene rings is 1. The van der Waals surface area contributed by atoms with E-state index in [0.717, 1.165) is 12.2 Å². The molecule has 0 saturated heterocycles. The summed E-state index contributed by atoms with van der Waals surface area (Å²) in [5.41, 5.74) is 6.83. The van der Waals surface area contributed by atoms with E-state index >= 15 is 0 Å². The summed E-state index contributed by atoms with van der Waals surface area (Å²) in [5.74, 6) is 1.37. The van der Waals surface area contributed by atoms with Crippen LogP contribution in [-0.2, 0) is 23.0 Å². The molecule has 0 fully saturated rings. The maximum Gasteiger partial charge on any atom is 0.240 e. The number of nitrogens with one attached hydrogen (secondary N) is 2. The summed E-state index contributed by atoms with van der Waals surface area (Å²) in [4.78, 5) is 4.25. The number of hydrogen-bond donors (Lipinski definition) is 3. The Labute approximate surface area is 123 Å². The van der Waals surface area contributed by atoms with E-state index in [1.54, 1.807) is 12.3 Å². The minimum Gasteiger partial charge on any atom is -0.444 e. The Hall–Kier alpha value is -2.06. The lowest BCUT2D eigenvalue weighted by Crippen LogP contribution is -2.18. The lowest BCUT2D eigenvalue weighted by molar-refractivity contribution is 0.466. The van der Waals surface area contributed by atoms with Crippen LogP contribution >= 0.6 is 0 Å². The van der Waals surface area contributed by atoms with Crippen molar-refractivity contribution in [3.8, 4) is 0 Å². The van der Waals surface area contributed by atoms with E-state index in [9.17, 15) is 8.42 Å². The standard InChI is InChI=1S/C13H18N4O3S/c1-3-9-7-17-13(20-9)8-16-12-5-4-10(6-11(12)14)21(18,19)15-2/h4-7,15-16H,3,8,14H2,1-2H3. The topological polar surface area (TPSA) is 110 Å². The molecule has 0 amide bonds. The predicted octanol–water partition coefficient (Wildman–Crippen LogP) is 1.34. The zero-order valence-corrected chi connectivity index (χ0v) is 12.7. The molecule has 2 rings (SSSR count). The van der Waals surface area contributed by atoms with Crippen molar-refractivity contribution in [3.05, 3.63) is 36.0 Å². The first-order chi connectivity index (χ1) is 9.96. The maximum atomic E-state index is 11.7. The van der Waals surface area contributed by atoms with Crippen LogP contribution in [0, 0.1) is 0 Å². The van der Waals surface area contributed by atoms with Crippen LogP contribution in [0.5, 0.6) is 0 Å². The number of anilines is 2. The van der Waals surface area contributed by atoms with Gasteiger partial charge in [-0.25, -0.2) is 18.1 Å². The first-order valence-corrected chi connectivity index (χ1v) is 7.95. The highest BCUT2D eigenvalue weighted by Crippen LogP contribution is 2.23. The Balaban J connectivity index is 2.11. The number of rotatable bonds is 6. The summed E-state index contributed by atoms with van der Waals surface area (Å²) in [6, 6.07) is 4.50. The smallest absolute Gasteiger partial charge is 0.240 e. The van der Waals surface area contributed by atoms with Crippen LogP contribution in [0.4, 0.5) is 11.4 Å². The van der Waals surface area contributed by atoms with Crippen molar-refractivity contribution in [2.24, 2.45) is 0 Å². The molecule has 4 N–H and O–H groups in total. The van der Waals surface area contributed by atoms with Crippen molar-refractivity contribution in [3.63, 3.8) is 0 Å². The molecule has 21 heavy (non-hydrogen) atoms. The van der Waals surface area contributed by atoms with E-state index in [2.05, 4.69) is 15.0 Å². The molecule has 0 saturated carbocycles. The monoisotopic (exact) mass is 310 g/mol. The third kappa shape index (κ3) is 3.53. The molecule has 0 radical (unpaired) electrons. The van der Waals surface area contributed by atoms with Gasteiger partial charge in [-0.15, -0.1) is 0 Å². The minimum atomic E-state index is -3.49. The molecule has 7 nitrogen and oxygen atoms in total. The van der Waals surface area contributed by atoms with E-state index in [0.29, 0.717) is 23.8 Å². The van der Waals surface area contributed by atoms with Crippen molar-refractivity contribution in [1.82, 2.24) is 9.71 Å². The van der Waals surface area contributed by atoms with Crippen molar-refractivity contribution in [1.29, 1.82) is 0 Å². The molecule has 8 heteroatoms. The molecule has 1 aromatic heterocycles. The number of nitrogens with zero attached hydrogens (tertiary/aromatic N) is 1. The SMILES string of the molecule is CCc1cnc(CNc2ccc(S(=O)(=O)NC)cc2N)o1. The molecule has 0 spiro atoms. The summed E-state index contributed by atoms with van der Waals surface area (Å²) in [6.07, 6.45) is 2.47. The van der Waals surface area contributed by atoms with E-state index in [4.69, 9.17) is 10.2 Å². The number of hydrogen-bond acceptors (Lipinski definition) is 6. The molecule has 1 heterocycles. The number of nitrogens with two attached hydrogens (primary N) is 1. The van der Waals surface area contributed by atoms with Gasteiger partial charge in [-0.3, -0.25) is 0 Å². The second-order valence-electron chi connectivity index (χ2n) is 4.38. The normalized spacial score (nSPS) is 11.5. The van der Waals surface area contributed by atoms with Crippen molar-refractivity contribution in [2.45, 2.75) is 24.8 Å². The van der Waals surface area contributed by atoms with Crippen LogP contribution in [0.1, 0.15) is 18.6 Å². The van der Waals surface area contributed by atoms with Crippen molar-refractivity contribution >= 4 is 21.4 Å². The highest BCUT2D eigenvalue weighted by atomic mass is 32.2. The molecule has 0 unspecified atom stereocenters. The van der Waals surface area contributed by atoms with Gasteiger partial charge in [0.2, 0.25) is 15.9 Å². The first-order valence-electron chi connectivity index (χ1n) is 6.46. The Morgan fingerprint density at radius 1 is 1.38 bits per heavy atom. The van der Waals surface area contributed by atoms with Gasteiger partial charge in [0.1, 0.15) is 5.76 Å². The van der Waals surface area contributed by atoms with E-state index in [1.165, 1.54) is 19.2 Å². The molecule has 0 atom stereocenters. The van der Waals surface area contributed by atoms with Crippen molar-refractivity contribution in [2.75, 3.05) is 18.1 Å². The molecule has 0 aliphatic rings. The molecule has 114 valence electrons. The van der Waals surface area contributed by atoms with Crippen LogP contribution < -0.4 is 15.8 Å². The van der Waals surface area contributed by atoms with Gasteiger partial charge >= 0.3 is 0 Å². The van der Waals surface area contributed by atoms with Crippen LogP contribution in [0.3, 0.4) is 0 Å². The van der Waals surface area contributed by atoms with E-state index < -0.39 is 10.0 Å². The highest BCUT2D eigenvalue weighted by molar-refractivity contribution is 7.89. The van der Waals surface area contributed by atoms with Crippen LogP contribution in [0.15, 0.2) is 33.7 Å². The second kappa shape index (κ2) is 6.15. The molecule has 0 aliphatic carbocycles. The largest absolute Gasteiger partial charge is 0.444 e. The lowest BCUT2D eigenvalue weighted by Gasteiger charge is -2.09. The summed E-state index contributed by atoms with van der Waals surface area (Å²) >= 11 is 0. The third-order valence-electron chi connectivity index (χ3n) is 2.98. The van der Waals surface area contributed by atoms with Crippen molar-refractivity contribution < 1.29 is 12.8 Å². The van der Waals surface area contributed by atoms with Gasteiger partial charge in [0.15, 0.2) is 0 Å². The second-order valence-corrected chi connectivity index (χ2v) is 6.27. The quantitative estimate of drug-likeness (QED) is 0.694. The Bertz CT molecular complexity index is 725. The summed E-state index contributed by atoms with van der Waals surface area (Å²) in [7, 11) is -2.14. The highest BCUT2D eigenvalue weighted by Gasteiger charge is 2.13. The first kappa shape index (κ1) is 15.3. The minimum absolute atomic E-state index is 0.123. The predicted molar refractivity (Wildman–Crippen MR) is 80.3 cm³/mol. The van der Waals surface area contributed by atoms with Gasteiger partial charge < -0.3 is 15.5 Å². The van der Waals surface area contributed by atoms with Gasteiger partial charge in [0.25, 0.3) is 0 Å². The fourth-order valence-electron chi connectivity index (χ4n) is 1.75. The Morgan fingerprint density at radius 3 is 2.71 bits per heavy atom. The Kier molecular flexibility index (Phi) is 4.49. The van der Waals surface area contributed by atoms with Crippen LogP contribution in [-0.4, -0.2) is 20.4 Å². The molecule has 2 aromatic rings. The summed E-state index contributed by atoms with van der Waals surface area (Å²) in [6.45, 7) is 2.36. The maximum absolute atomic E-state index is 11.7. The summed E-state index contributed by atoms with van der Waals surface area (Å²) in [5, 5.41) is 3.07. The number of aromatic nitrogens is 1. The number of aryl methyl sites for hydroxylation is 1. The fraction of sp³-hybridized carbons (Fsp3) is 0.308. The third-order valence-corrected chi connectivity index (χ3v) is 4.39. The Morgan fingerprint density at radius 2 is 2.14 bits per heavy atom. The molecular weight excluding hydrogens is 292 g/mol. The number of oxazole rings is 1. The van der Waals surface area contributed by atoms with E-state index in [1.807, 2.05) is 6.92 Å². The molecule has 0 bridgehead atoms. The van der Waals surface area contributed by atoms with Gasteiger partial charge in [-0.2, -0.15) is 0 Å². The zero-order chi connectivity index (χ0) is 15.5. The van der Waals surface area contributed by atoms with Gasteiger partial charge in [0, 0.05) is 6.42 Å². The molecule has 0 aliphatic heterocycles. The fourth-order valence-corrected chi connectivity index (χ4v) is 2.52. The van der Waals surface area contributed by atoms with Gasteiger partial charge in [-0.05, 0) is 25.2 Å².